The molecule has 0 radical (unpaired) electrons. The highest BCUT2D eigenvalue weighted by molar-refractivity contribution is 7.89. The summed E-state index contributed by atoms with van der Waals surface area (Å²) < 4.78 is 45.7. The van der Waals surface area contributed by atoms with Crippen LogP contribution < -0.4 is 10.1 Å². The van der Waals surface area contributed by atoms with E-state index >= 15 is 0 Å². The summed E-state index contributed by atoms with van der Waals surface area (Å²) in [6.45, 7) is 4.06. The minimum atomic E-state index is -3.53. The van der Waals surface area contributed by atoms with Crippen molar-refractivity contribution in [2.45, 2.75) is 6.42 Å². The van der Waals surface area contributed by atoms with Gasteiger partial charge in [0.1, 0.15) is 11.6 Å². The van der Waals surface area contributed by atoms with E-state index in [0.29, 0.717) is 17.7 Å². The number of ether oxygens (including phenoxy) is 1. The quantitative estimate of drug-likeness (QED) is 0.683. The lowest BCUT2D eigenvalue weighted by Crippen LogP contribution is -2.38. The Balaban J connectivity index is 1.95. The van der Waals surface area contributed by atoms with Crippen LogP contribution in [-0.2, 0) is 21.2 Å². The number of carbonyl (C=O) groups excluding carboxylic acids is 1. The van der Waals surface area contributed by atoms with Gasteiger partial charge < -0.3 is 10.1 Å². The van der Waals surface area contributed by atoms with Gasteiger partial charge in [-0.1, -0.05) is 30.3 Å². The molecule has 1 heterocycles. The Morgan fingerprint density at radius 3 is 2.77 bits per heavy atom. The van der Waals surface area contributed by atoms with E-state index in [2.05, 4.69) is 11.9 Å². The number of sulfonamides is 1. The van der Waals surface area contributed by atoms with Crippen LogP contribution in [0.3, 0.4) is 0 Å². The second kappa shape index (κ2) is 9.40. The molecule has 0 spiro atoms. The van der Waals surface area contributed by atoms with Gasteiger partial charge in [0.25, 0.3) is 0 Å². The molecule has 1 aliphatic rings. The largest absolute Gasteiger partial charge is 0.496 e. The molecule has 1 aliphatic heterocycles. The first-order valence-corrected chi connectivity index (χ1v) is 11.2. The van der Waals surface area contributed by atoms with Gasteiger partial charge in [-0.15, -0.1) is 6.58 Å². The van der Waals surface area contributed by atoms with Crippen LogP contribution in [0.5, 0.6) is 5.75 Å². The predicted octanol–water partition coefficient (Wildman–Crippen LogP) is 2.61. The van der Waals surface area contributed by atoms with Gasteiger partial charge in [-0.05, 0) is 35.7 Å². The SMILES string of the molecule is C=CCS(=O)(=O)N1CCNC(=O)C(Cc2ccccc2-c2cc(F)ccc2OC)C1. The van der Waals surface area contributed by atoms with Crippen LogP contribution in [0.1, 0.15) is 5.56 Å². The van der Waals surface area contributed by atoms with Crippen molar-refractivity contribution in [2.24, 2.45) is 5.92 Å². The van der Waals surface area contributed by atoms with Crippen LogP contribution in [0.25, 0.3) is 11.1 Å². The molecule has 0 aliphatic carbocycles. The molecule has 30 heavy (non-hydrogen) atoms. The van der Waals surface area contributed by atoms with Crippen LogP contribution in [0.2, 0.25) is 0 Å². The van der Waals surface area contributed by atoms with E-state index in [0.717, 1.165) is 11.1 Å². The molecule has 2 aromatic rings. The molecular weight excluding hydrogens is 407 g/mol. The van der Waals surface area contributed by atoms with Crippen molar-refractivity contribution < 1.29 is 22.3 Å². The van der Waals surface area contributed by atoms with E-state index in [-0.39, 0.29) is 31.3 Å². The lowest BCUT2D eigenvalue weighted by Gasteiger charge is -2.23. The average molecular weight is 433 g/mol. The van der Waals surface area contributed by atoms with Crippen LogP contribution in [-0.4, -0.2) is 51.1 Å². The molecule has 1 fully saturated rings. The highest BCUT2D eigenvalue weighted by Gasteiger charge is 2.31. The summed E-state index contributed by atoms with van der Waals surface area (Å²) in [6.07, 6.45) is 1.65. The van der Waals surface area contributed by atoms with Crippen molar-refractivity contribution in [3.63, 3.8) is 0 Å². The molecule has 1 saturated heterocycles. The van der Waals surface area contributed by atoms with E-state index in [1.807, 2.05) is 24.3 Å². The highest BCUT2D eigenvalue weighted by Crippen LogP contribution is 2.34. The molecule has 1 atom stereocenters. The van der Waals surface area contributed by atoms with Gasteiger partial charge in [0.05, 0.1) is 18.8 Å². The number of nitrogens with one attached hydrogen (secondary N) is 1. The lowest BCUT2D eigenvalue weighted by atomic mass is 9.91. The lowest BCUT2D eigenvalue weighted by molar-refractivity contribution is -0.124. The minimum Gasteiger partial charge on any atom is -0.496 e. The Morgan fingerprint density at radius 2 is 2.03 bits per heavy atom. The third-order valence-electron chi connectivity index (χ3n) is 5.11. The molecular formula is C22H25FN2O4S. The van der Waals surface area contributed by atoms with Crippen LogP contribution >= 0.6 is 0 Å². The third kappa shape index (κ3) is 4.88. The van der Waals surface area contributed by atoms with E-state index < -0.39 is 21.8 Å². The molecule has 1 N–H and O–H groups in total. The Hall–Kier alpha value is -2.71. The summed E-state index contributed by atoms with van der Waals surface area (Å²) in [5.41, 5.74) is 2.13. The maximum absolute atomic E-state index is 13.9. The number of nitrogens with zero attached hydrogens (tertiary/aromatic N) is 1. The topological polar surface area (TPSA) is 75.7 Å². The predicted molar refractivity (Wildman–Crippen MR) is 114 cm³/mol. The first-order valence-electron chi connectivity index (χ1n) is 9.64. The molecule has 3 rings (SSSR count). The number of halogens is 1. The second-order valence-corrected chi connectivity index (χ2v) is 9.13. The zero-order valence-corrected chi connectivity index (χ0v) is 17.6. The Labute approximate surface area is 176 Å². The van der Waals surface area contributed by atoms with Gasteiger partial charge in [-0.2, -0.15) is 4.31 Å². The Morgan fingerprint density at radius 1 is 1.27 bits per heavy atom. The number of hydrogen-bond acceptors (Lipinski definition) is 4. The summed E-state index contributed by atoms with van der Waals surface area (Å²) >= 11 is 0. The molecule has 0 saturated carbocycles. The molecule has 8 heteroatoms. The normalized spacial score (nSPS) is 17.8. The number of benzene rings is 2. The zero-order chi connectivity index (χ0) is 21.7. The maximum atomic E-state index is 13.9. The van der Waals surface area contributed by atoms with Crippen molar-refractivity contribution in [1.29, 1.82) is 0 Å². The van der Waals surface area contributed by atoms with Gasteiger partial charge in [-0.3, -0.25) is 4.79 Å². The first-order chi connectivity index (χ1) is 14.4. The molecule has 0 aromatic heterocycles. The van der Waals surface area contributed by atoms with E-state index in [1.165, 1.54) is 29.6 Å². The van der Waals surface area contributed by atoms with Gasteiger partial charge in [0, 0.05) is 25.2 Å². The maximum Gasteiger partial charge on any atom is 0.224 e. The number of carbonyl (C=O) groups is 1. The number of hydrogen-bond donors (Lipinski definition) is 1. The van der Waals surface area contributed by atoms with E-state index in [9.17, 15) is 17.6 Å². The molecule has 1 unspecified atom stereocenters. The summed E-state index contributed by atoms with van der Waals surface area (Å²) in [6, 6.07) is 11.7. The monoisotopic (exact) mass is 432 g/mol. The molecule has 6 nitrogen and oxygen atoms in total. The number of rotatable bonds is 7. The Bertz CT molecular complexity index is 1040. The number of methoxy groups -OCH3 is 1. The highest BCUT2D eigenvalue weighted by atomic mass is 32.2. The second-order valence-electron chi connectivity index (χ2n) is 7.12. The van der Waals surface area contributed by atoms with Crippen molar-refractivity contribution in [1.82, 2.24) is 9.62 Å². The van der Waals surface area contributed by atoms with E-state index in [4.69, 9.17) is 4.74 Å². The first kappa shape index (κ1) is 22.0. The third-order valence-corrected chi connectivity index (χ3v) is 6.89. The number of amides is 1. The van der Waals surface area contributed by atoms with Crippen molar-refractivity contribution >= 4 is 15.9 Å². The fourth-order valence-corrected chi connectivity index (χ4v) is 4.93. The smallest absolute Gasteiger partial charge is 0.224 e. The van der Waals surface area contributed by atoms with Gasteiger partial charge in [-0.25, -0.2) is 12.8 Å². The zero-order valence-electron chi connectivity index (χ0n) is 16.8. The van der Waals surface area contributed by atoms with Crippen molar-refractivity contribution in [3.8, 4) is 16.9 Å². The van der Waals surface area contributed by atoms with Gasteiger partial charge >= 0.3 is 0 Å². The summed E-state index contributed by atoms with van der Waals surface area (Å²) in [5, 5.41) is 2.79. The van der Waals surface area contributed by atoms with Gasteiger partial charge in [0.15, 0.2) is 0 Å². The standard InChI is InChI=1S/C22H25FN2O4S/c1-3-12-30(27,28)25-11-10-24-22(26)17(15-25)13-16-6-4-5-7-19(16)20-14-18(23)8-9-21(20)29-2/h3-9,14,17H,1,10-13,15H2,2H3,(H,24,26). The molecule has 160 valence electrons. The van der Waals surface area contributed by atoms with E-state index in [1.54, 1.807) is 6.07 Å². The summed E-state index contributed by atoms with van der Waals surface area (Å²) in [5.74, 6) is -0.829. The van der Waals surface area contributed by atoms with Crippen LogP contribution in [0.15, 0.2) is 55.1 Å². The van der Waals surface area contributed by atoms with Crippen LogP contribution in [0, 0.1) is 11.7 Å². The average Bonchev–Trinajstić information content (AvgIpc) is 2.90. The summed E-state index contributed by atoms with van der Waals surface area (Å²) in [4.78, 5) is 12.6. The van der Waals surface area contributed by atoms with Crippen LogP contribution in [0.4, 0.5) is 4.39 Å². The fourth-order valence-electron chi connectivity index (χ4n) is 3.65. The van der Waals surface area contributed by atoms with Gasteiger partial charge in [0.2, 0.25) is 15.9 Å². The molecule has 1 amide bonds. The van der Waals surface area contributed by atoms with Crippen molar-refractivity contribution in [2.75, 3.05) is 32.5 Å². The van der Waals surface area contributed by atoms with Crippen molar-refractivity contribution in [3.05, 3.63) is 66.5 Å². The molecule has 2 aromatic carbocycles. The fraction of sp³-hybridized carbons (Fsp3) is 0.318. The Kier molecular flexibility index (Phi) is 6.89. The molecule has 0 bridgehead atoms. The summed E-state index contributed by atoms with van der Waals surface area (Å²) in [7, 11) is -2.02. The minimum absolute atomic E-state index is 0.0800.